The normalized spacial score (nSPS) is 16.2. The van der Waals surface area contributed by atoms with Crippen LogP contribution in [0.2, 0.25) is 0 Å². The Kier molecular flexibility index (Phi) is 4.08. The minimum Gasteiger partial charge on any atom is -0.458 e. The van der Waals surface area contributed by atoms with Gasteiger partial charge in [-0.05, 0) is 30.9 Å². The summed E-state index contributed by atoms with van der Waals surface area (Å²) >= 11 is 0. The second kappa shape index (κ2) is 5.97. The van der Waals surface area contributed by atoms with Gasteiger partial charge < -0.3 is 4.74 Å². The molecule has 0 amide bonds. The van der Waals surface area contributed by atoms with Crippen molar-refractivity contribution in [2.24, 2.45) is 5.92 Å². The standard InChI is InChI=1S/C14H14N2O2/c1-2-3-13(11-4-5-11)18-14(17)7-6-12-8-9-15-10-16-12/h1,6-11,13H,3-5H2. The number of carbonyl (C=O) groups is 1. The van der Waals surface area contributed by atoms with Gasteiger partial charge in [-0.3, -0.25) is 0 Å². The molecule has 0 aliphatic heterocycles. The predicted octanol–water partition coefficient (Wildman–Crippen LogP) is 1.83. The van der Waals surface area contributed by atoms with Crippen molar-refractivity contribution in [1.82, 2.24) is 9.97 Å². The lowest BCUT2D eigenvalue weighted by Crippen LogP contribution is -2.18. The second-order valence-electron chi connectivity index (χ2n) is 4.19. The molecule has 4 nitrogen and oxygen atoms in total. The second-order valence-corrected chi connectivity index (χ2v) is 4.19. The van der Waals surface area contributed by atoms with Gasteiger partial charge in [0, 0.05) is 18.7 Å². The van der Waals surface area contributed by atoms with Crippen LogP contribution in [-0.2, 0) is 9.53 Å². The molecule has 1 saturated carbocycles. The first-order chi connectivity index (χ1) is 8.79. The molecule has 1 fully saturated rings. The topological polar surface area (TPSA) is 52.1 Å². The van der Waals surface area contributed by atoms with Gasteiger partial charge in [0.2, 0.25) is 0 Å². The monoisotopic (exact) mass is 242 g/mol. The number of ether oxygens (including phenoxy) is 1. The fourth-order valence-electron chi connectivity index (χ4n) is 1.63. The molecule has 0 spiro atoms. The van der Waals surface area contributed by atoms with Crippen molar-refractivity contribution in [3.8, 4) is 12.3 Å². The molecule has 0 N–H and O–H groups in total. The first-order valence-corrected chi connectivity index (χ1v) is 5.88. The summed E-state index contributed by atoms with van der Waals surface area (Å²) < 4.78 is 5.32. The molecule has 1 aromatic rings. The molecule has 1 aliphatic carbocycles. The van der Waals surface area contributed by atoms with E-state index in [0.29, 0.717) is 18.0 Å². The lowest BCUT2D eigenvalue weighted by Gasteiger charge is -2.12. The zero-order chi connectivity index (χ0) is 12.8. The quantitative estimate of drug-likeness (QED) is 0.449. The highest BCUT2D eigenvalue weighted by atomic mass is 16.5. The number of esters is 1. The van der Waals surface area contributed by atoms with E-state index in [4.69, 9.17) is 11.2 Å². The van der Waals surface area contributed by atoms with Gasteiger partial charge in [-0.2, -0.15) is 0 Å². The van der Waals surface area contributed by atoms with Gasteiger partial charge in [-0.1, -0.05) is 0 Å². The van der Waals surface area contributed by atoms with Gasteiger partial charge in [0.05, 0.1) is 5.69 Å². The van der Waals surface area contributed by atoms with Crippen LogP contribution < -0.4 is 0 Å². The maximum Gasteiger partial charge on any atom is 0.331 e. The highest BCUT2D eigenvalue weighted by molar-refractivity contribution is 5.86. The highest BCUT2D eigenvalue weighted by Crippen LogP contribution is 2.35. The van der Waals surface area contributed by atoms with Gasteiger partial charge in [0.25, 0.3) is 0 Å². The summed E-state index contributed by atoms with van der Waals surface area (Å²) in [5, 5.41) is 0. The molecular weight excluding hydrogens is 228 g/mol. The predicted molar refractivity (Wildman–Crippen MR) is 67.1 cm³/mol. The van der Waals surface area contributed by atoms with Crippen molar-refractivity contribution < 1.29 is 9.53 Å². The number of aromatic nitrogens is 2. The Morgan fingerprint density at radius 3 is 3.11 bits per heavy atom. The van der Waals surface area contributed by atoms with Crippen LogP contribution in [0.5, 0.6) is 0 Å². The van der Waals surface area contributed by atoms with Crippen LogP contribution in [0.3, 0.4) is 0 Å². The lowest BCUT2D eigenvalue weighted by atomic mass is 10.2. The van der Waals surface area contributed by atoms with E-state index in [1.165, 1.54) is 12.4 Å². The van der Waals surface area contributed by atoms with Crippen LogP contribution in [0, 0.1) is 18.3 Å². The van der Waals surface area contributed by atoms with E-state index in [1.807, 2.05) is 0 Å². The van der Waals surface area contributed by atoms with E-state index < -0.39 is 0 Å². The molecule has 18 heavy (non-hydrogen) atoms. The summed E-state index contributed by atoms with van der Waals surface area (Å²) in [7, 11) is 0. The summed E-state index contributed by atoms with van der Waals surface area (Å²) in [5.74, 6) is 2.61. The first-order valence-electron chi connectivity index (χ1n) is 5.88. The van der Waals surface area contributed by atoms with Crippen molar-refractivity contribution in [2.75, 3.05) is 0 Å². The van der Waals surface area contributed by atoms with Crippen molar-refractivity contribution in [3.63, 3.8) is 0 Å². The van der Waals surface area contributed by atoms with Crippen LogP contribution in [0.1, 0.15) is 25.0 Å². The van der Waals surface area contributed by atoms with E-state index in [1.54, 1.807) is 18.3 Å². The number of nitrogens with zero attached hydrogens (tertiary/aromatic N) is 2. The number of rotatable bonds is 5. The molecular formula is C14H14N2O2. The SMILES string of the molecule is C#CCC(OC(=O)C=Cc1ccncn1)C1CC1. The van der Waals surface area contributed by atoms with Gasteiger partial charge in [0.15, 0.2) is 0 Å². The third-order valence-electron chi connectivity index (χ3n) is 2.73. The Balaban J connectivity index is 1.88. The lowest BCUT2D eigenvalue weighted by molar-refractivity contribution is -0.143. The van der Waals surface area contributed by atoms with E-state index in [2.05, 4.69) is 15.9 Å². The van der Waals surface area contributed by atoms with Crippen LogP contribution in [0.15, 0.2) is 24.7 Å². The largest absolute Gasteiger partial charge is 0.458 e. The van der Waals surface area contributed by atoms with Crippen LogP contribution in [0.25, 0.3) is 6.08 Å². The maximum absolute atomic E-state index is 11.6. The molecule has 92 valence electrons. The molecule has 1 aromatic heterocycles. The van der Waals surface area contributed by atoms with Crippen LogP contribution in [0.4, 0.5) is 0 Å². The zero-order valence-electron chi connectivity index (χ0n) is 9.95. The highest BCUT2D eigenvalue weighted by Gasteiger charge is 2.33. The molecule has 0 radical (unpaired) electrons. The van der Waals surface area contributed by atoms with Gasteiger partial charge >= 0.3 is 5.97 Å². The third kappa shape index (κ3) is 3.70. The Labute approximate surface area is 106 Å². The van der Waals surface area contributed by atoms with Gasteiger partial charge in [0.1, 0.15) is 12.4 Å². The average molecular weight is 242 g/mol. The maximum atomic E-state index is 11.6. The zero-order valence-corrected chi connectivity index (χ0v) is 9.95. The first kappa shape index (κ1) is 12.3. The van der Waals surface area contributed by atoms with Crippen molar-refractivity contribution in [3.05, 3.63) is 30.4 Å². The summed E-state index contributed by atoms with van der Waals surface area (Å²) in [6.45, 7) is 0. The number of terminal acetylenes is 1. The van der Waals surface area contributed by atoms with E-state index >= 15 is 0 Å². The summed E-state index contributed by atoms with van der Waals surface area (Å²) in [4.78, 5) is 19.4. The molecule has 4 heteroatoms. The van der Waals surface area contributed by atoms with E-state index in [-0.39, 0.29) is 12.1 Å². The smallest absolute Gasteiger partial charge is 0.331 e. The minimum absolute atomic E-state index is 0.141. The number of hydrogen-bond acceptors (Lipinski definition) is 4. The molecule has 0 aromatic carbocycles. The Hall–Kier alpha value is -2.15. The van der Waals surface area contributed by atoms with Crippen molar-refractivity contribution in [2.45, 2.75) is 25.4 Å². The molecule has 0 bridgehead atoms. The Morgan fingerprint density at radius 2 is 2.50 bits per heavy atom. The van der Waals surface area contributed by atoms with E-state index in [9.17, 15) is 4.79 Å². The number of carbonyl (C=O) groups excluding carboxylic acids is 1. The fraction of sp³-hybridized carbons (Fsp3) is 0.357. The molecule has 1 atom stereocenters. The Bertz CT molecular complexity index is 472. The minimum atomic E-state index is -0.374. The molecule has 1 aliphatic rings. The summed E-state index contributed by atoms with van der Waals surface area (Å²) in [5.41, 5.74) is 0.668. The molecule has 0 saturated heterocycles. The summed E-state index contributed by atoms with van der Waals surface area (Å²) in [6, 6.07) is 1.71. The fourth-order valence-corrected chi connectivity index (χ4v) is 1.63. The van der Waals surface area contributed by atoms with Crippen molar-refractivity contribution >= 4 is 12.0 Å². The van der Waals surface area contributed by atoms with Crippen molar-refractivity contribution in [1.29, 1.82) is 0 Å². The molecule has 1 unspecified atom stereocenters. The Morgan fingerprint density at radius 1 is 1.67 bits per heavy atom. The van der Waals surface area contributed by atoms with E-state index in [0.717, 1.165) is 12.8 Å². The third-order valence-corrected chi connectivity index (χ3v) is 2.73. The summed E-state index contributed by atoms with van der Waals surface area (Å²) in [6.07, 6.45) is 13.8. The molecule has 2 rings (SSSR count). The van der Waals surface area contributed by atoms with Gasteiger partial charge in [-0.25, -0.2) is 14.8 Å². The van der Waals surface area contributed by atoms with Crippen LogP contribution in [-0.4, -0.2) is 22.0 Å². The molecule has 1 heterocycles. The van der Waals surface area contributed by atoms with Crippen LogP contribution >= 0.6 is 0 Å². The average Bonchev–Trinajstić information content (AvgIpc) is 3.21. The number of hydrogen-bond donors (Lipinski definition) is 0. The van der Waals surface area contributed by atoms with Gasteiger partial charge in [-0.15, -0.1) is 12.3 Å².